The van der Waals surface area contributed by atoms with E-state index in [1.807, 2.05) is 26.0 Å². The van der Waals surface area contributed by atoms with Crippen molar-refractivity contribution >= 4 is 15.9 Å². The Labute approximate surface area is 123 Å². The molecule has 0 unspecified atom stereocenters. The molecule has 0 spiro atoms. The van der Waals surface area contributed by atoms with Gasteiger partial charge in [-0.2, -0.15) is 13.2 Å². The van der Waals surface area contributed by atoms with Gasteiger partial charge in [0, 0.05) is 23.1 Å². The minimum Gasteiger partial charge on any atom is -0.328 e. The van der Waals surface area contributed by atoms with Crippen molar-refractivity contribution in [1.29, 1.82) is 0 Å². The number of halogens is 4. The lowest BCUT2D eigenvalue weighted by Gasteiger charge is -2.13. The van der Waals surface area contributed by atoms with Gasteiger partial charge in [0.25, 0.3) is 0 Å². The van der Waals surface area contributed by atoms with Crippen LogP contribution in [0.1, 0.15) is 31.1 Å². The van der Waals surface area contributed by atoms with Crippen molar-refractivity contribution in [3.63, 3.8) is 0 Å². The summed E-state index contributed by atoms with van der Waals surface area (Å²) < 4.78 is 40.1. The van der Waals surface area contributed by atoms with Gasteiger partial charge in [-0.15, -0.1) is 0 Å². The van der Waals surface area contributed by atoms with Crippen LogP contribution < -0.4 is 0 Å². The van der Waals surface area contributed by atoms with E-state index in [0.717, 1.165) is 11.8 Å². The molecule has 1 aromatic heterocycles. The summed E-state index contributed by atoms with van der Waals surface area (Å²) in [6, 6.07) is 7.22. The van der Waals surface area contributed by atoms with Gasteiger partial charge in [0.1, 0.15) is 5.82 Å². The first-order valence-electron chi connectivity index (χ1n) is 6.15. The molecule has 108 valence electrons. The van der Waals surface area contributed by atoms with Crippen LogP contribution in [0.5, 0.6) is 0 Å². The molecule has 2 aromatic rings. The molecular formula is C14H14BrF3N2. The van der Waals surface area contributed by atoms with Crippen LogP contribution in [0.3, 0.4) is 0 Å². The summed E-state index contributed by atoms with van der Waals surface area (Å²) in [5.41, 5.74) is 0.771. The van der Waals surface area contributed by atoms with Gasteiger partial charge < -0.3 is 4.57 Å². The van der Waals surface area contributed by atoms with Crippen molar-refractivity contribution in [3.8, 4) is 11.4 Å². The maximum Gasteiger partial charge on any atom is 0.434 e. The van der Waals surface area contributed by atoms with Gasteiger partial charge >= 0.3 is 6.18 Å². The molecule has 0 aliphatic rings. The molecule has 0 fully saturated rings. The molecule has 2 rings (SSSR count). The van der Waals surface area contributed by atoms with Crippen LogP contribution >= 0.6 is 15.9 Å². The highest BCUT2D eigenvalue weighted by atomic mass is 79.9. The first kappa shape index (κ1) is 15.1. The fourth-order valence-corrected chi connectivity index (χ4v) is 2.47. The van der Waals surface area contributed by atoms with Crippen LogP contribution in [-0.4, -0.2) is 9.55 Å². The van der Waals surface area contributed by atoms with Crippen molar-refractivity contribution < 1.29 is 13.2 Å². The highest BCUT2D eigenvalue weighted by molar-refractivity contribution is 9.08. The zero-order valence-electron chi connectivity index (χ0n) is 11.1. The van der Waals surface area contributed by atoms with Crippen LogP contribution in [0.25, 0.3) is 11.4 Å². The summed E-state index contributed by atoms with van der Waals surface area (Å²) >= 11 is 3.35. The van der Waals surface area contributed by atoms with E-state index in [1.54, 1.807) is 16.7 Å². The molecule has 0 bridgehead atoms. The summed E-state index contributed by atoms with van der Waals surface area (Å²) in [6.07, 6.45) is -3.36. The summed E-state index contributed by atoms with van der Waals surface area (Å²) in [5, 5.41) is 0.565. The van der Waals surface area contributed by atoms with Gasteiger partial charge in [-0.1, -0.05) is 40.2 Å². The Bertz CT molecular complexity index is 603. The van der Waals surface area contributed by atoms with E-state index in [1.165, 1.54) is 0 Å². The summed E-state index contributed by atoms with van der Waals surface area (Å²) in [6.45, 7) is 3.67. The lowest BCUT2D eigenvalue weighted by molar-refractivity contribution is -0.140. The highest BCUT2D eigenvalue weighted by Crippen LogP contribution is 2.33. The maximum absolute atomic E-state index is 12.9. The van der Waals surface area contributed by atoms with Gasteiger partial charge in [-0.05, 0) is 19.4 Å². The zero-order chi connectivity index (χ0) is 14.9. The van der Waals surface area contributed by atoms with Crippen molar-refractivity contribution in [3.05, 3.63) is 41.7 Å². The number of alkyl halides is 4. The standard InChI is InChI=1S/C14H14BrF3N2/c1-9(2)20-8-12(14(16,17)18)19-13(20)11-6-4-3-5-10(11)7-15/h3-6,8-9H,7H2,1-2H3. The molecule has 0 atom stereocenters. The molecule has 0 radical (unpaired) electrons. The van der Waals surface area contributed by atoms with Gasteiger partial charge in [0.2, 0.25) is 0 Å². The minimum absolute atomic E-state index is 0.100. The number of hydrogen-bond donors (Lipinski definition) is 0. The Morgan fingerprint density at radius 3 is 2.45 bits per heavy atom. The Morgan fingerprint density at radius 2 is 1.90 bits per heavy atom. The monoisotopic (exact) mass is 346 g/mol. The second kappa shape index (κ2) is 5.60. The Morgan fingerprint density at radius 1 is 1.25 bits per heavy atom. The lowest BCUT2D eigenvalue weighted by Crippen LogP contribution is -2.05. The van der Waals surface area contributed by atoms with E-state index in [0.29, 0.717) is 16.7 Å². The van der Waals surface area contributed by atoms with Gasteiger partial charge in [-0.25, -0.2) is 4.98 Å². The van der Waals surface area contributed by atoms with Crippen molar-refractivity contribution in [2.24, 2.45) is 0 Å². The third-order valence-corrected chi connectivity index (χ3v) is 3.59. The average molecular weight is 347 g/mol. The predicted molar refractivity (Wildman–Crippen MR) is 75.7 cm³/mol. The maximum atomic E-state index is 12.9. The van der Waals surface area contributed by atoms with E-state index in [4.69, 9.17) is 0 Å². The van der Waals surface area contributed by atoms with E-state index < -0.39 is 11.9 Å². The molecule has 0 saturated carbocycles. The largest absolute Gasteiger partial charge is 0.434 e. The zero-order valence-corrected chi connectivity index (χ0v) is 12.7. The Balaban J connectivity index is 2.63. The number of nitrogens with zero attached hydrogens (tertiary/aromatic N) is 2. The molecule has 0 N–H and O–H groups in total. The number of hydrogen-bond acceptors (Lipinski definition) is 1. The molecule has 2 nitrogen and oxygen atoms in total. The predicted octanol–water partition coefficient (Wildman–Crippen LogP) is 5.04. The van der Waals surface area contributed by atoms with Crippen molar-refractivity contribution in [1.82, 2.24) is 9.55 Å². The summed E-state index contributed by atoms with van der Waals surface area (Å²) in [7, 11) is 0. The minimum atomic E-state index is -4.43. The Kier molecular flexibility index (Phi) is 4.22. The number of imidazole rings is 1. The fraction of sp³-hybridized carbons (Fsp3) is 0.357. The molecule has 20 heavy (non-hydrogen) atoms. The smallest absolute Gasteiger partial charge is 0.328 e. The third kappa shape index (κ3) is 2.90. The first-order chi connectivity index (χ1) is 9.34. The SMILES string of the molecule is CC(C)n1cc(C(F)(F)F)nc1-c1ccccc1CBr. The summed E-state index contributed by atoms with van der Waals surface area (Å²) in [5.74, 6) is 0.349. The molecule has 0 saturated heterocycles. The summed E-state index contributed by atoms with van der Waals surface area (Å²) in [4.78, 5) is 3.80. The topological polar surface area (TPSA) is 17.8 Å². The average Bonchev–Trinajstić information content (AvgIpc) is 2.83. The van der Waals surface area contributed by atoms with Gasteiger partial charge in [0.05, 0.1) is 0 Å². The molecule has 1 heterocycles. The van der Waals surface area contributed by atoms with E-state index in [9.17, 15) is 13.2 Å². The molecule has 0 amide bonds. The van der Waals surface area contributed by atoms with Crippen LogP contribution in [-0.2, 0) is 11.5 Å². The number of rotatable bonds is 3. The second-order valence-electron chi connectivity index (χ2n) is 4.74. The first-order valence-corrected chi connectivity index (χ1v) is 7.27. The van der Waals surface area contributed by atoms with Crippen molar-refractivity contribution in [2.45, 2.75) is 31.4 Å². The van der Waals surface area contributed by atoms with E-state index in [2.05, 4.69) is 20.9 Å². The van der Waals surface area contributed by atoms with Crippen LogP contribution in [0.15, 0.2) is 30.5 Å². The molecule has 0 aliphatic heterocycles. The third-order valence-electron chi connectivity index (χ3n) is 2.98. The molecule has 6 heteroatoms. The van der Waals surface area contributed by atoms with Crippen LogP contribution in [0.4, 0.5) is 13.2 Å². The Hall–Kier alpha value is -1.30. The molecule has 1 aromatic carbocycles. The van der Waals surface area contributed by atoms with Gasteiger partial charge in [-0.3, -0.25) is 0 Å². The normalized spacial score (nSPS) is 12.2. The van der Waals surface area contributed by atoms with Crippen LogP contribution in [0.2, 0.25) is 0 Å². The fourth-order valence-electron chi connectivity index (χ4n) is 1.98. The van der Waals surface area contributed by atoms with Gasteiger partial charge in [0.15, 0.2) is 5.69 Å². The number of aromatic nitrogens is 2. The number of benzene rings is 1. The second-order valence-corrected chi connectivity index (χ2v) is 5.30. The highest BCUT2D eigenvalue weighted by Gasteiger charge is 2.35. The van der Waals surface area contributed by atoms with E-state index in [-0.39, 0.29) is 6.04 Å². The lowest BCUT2D eigenvalue weighted by atomic mass is 10.1. The molecule has 0 aliphatic carbocycles. The van der Waals surface area contributed by atoms with Crippen molar-refractivity contribution in [2.75, 3.05) is 0 Å². The quantitative estimate of drug-likeness (QED) is 0.711. The molecular weight excluding hydrogens is 333 g/mol. The van der Waals surface area contributed by atoms with Crippen LogP contribution in [0, 0.1) is 0 Å². The van der Waals surface area contributed by atoms with E-state index >= 15 is 0 Å².